The van der Waals surface area contributed by atoms with Crippen LogP contribution in [0, 0.1) is 5.92 Å². The molecule has 1 aliphatic heterocycles. The molecule has 0 aliphatic carbocycles. The van der Waals surface area contributed by atoms with E-state index in [1.54, 1.807) is 18.2 Å². The van der Waals surface area contributed by atoms with Crippen molar-refractivity contribution in [3.05, 3.63) is 33.3 Å². The molecule has 19 heavy (non-hydrogen) atoms. The van der Waals surface area contributed by atoms with E-state index in [9.17, 15) is 4.79 Å². The zero-order valence-corrected chi connectivity index (χ0v) is 13.6. The molecular weight excluding hydrogens is 351 g/mol. The van der Waals surface area contributed by atoms with Crippen LogP contribution in [0.2, 0.25) is 5.02 Å². The van der Waals surface area contributed by atoms with E-state index in [0.29, 0.717) is 23.0 Å². The number of likely N-dealkylation sites (tertiary alicyclic amines) is 1. The number of benzene rings is 1. The monoisotopic (exact) mass is 366 g/mol. The third-order valence-electron chi connectivity index (χ3n) is 3.31. The lowest BCUT2D eigenvalue weighted by molar-refractivity contribution is 0.0678. The SMILES string of the molecule is Cl.NCC1CCCN(C(=O)c2ccc(Cl)c(Br)c2)C1. The largest absolute Gasteiger partial charge is 0.338 e. The summed E-state index contributed by atoms with van der Waals surface area (Å²) in [5.74, 6) is 0.490. The maximum atomic E-state index is 12.3. The van der Waals surface area contributed by atoms with Gasteiger partial charge in [0.05, 0.1) is 5.02 Å². The predicted molar refractivity (Wildman–Crippen MR) is 84.1 cm³/mol. The summed E-state index contributed by atoms with van der Waals surface area (Å²) in [5, 5.41) is 0.616. The first-order chi connectivity index (χ1) is 8.61. The van der Waals surface area contributed by atoms with Crippen LogP contribution in [0.1, 0.15) is 23.2 Å². The topological polar surface area (TPSA) is 46.3 Å². The first-order valence-electron chi connectivity index (χ1n) is 6.06. The van der Waals surface area contributed by atoms with Crippen molar-refractivity contribution in [3.8, 4) is 0 Å². The third kappa shape index (κ3) is 4.09. The van der Waals surface area contributed by atoms with Crippen LogP contribution < -0.4 is 5.73 Å². The van der Waals surface area contributed by atoms with Gasteiger partial charge in [0.15, 0.2) is 0 Å². The van der Waals surface area contributed by atoms with E-state index in [4.69, 9.17) is 17.3 Å². The Balaban J connectivity index is 0.00000180. The Kier molecular flexibility index (Phi) is 6.60. The van der Waals surface area contributed by atoms with E-state index in [1.807, 2.05) is 4.90 Å². The molecule has 3 nitrogen and oxygen atoms in total. The van der Waals surface area contributed by atoms with Gasteiger partial charge < -0.3 is 10.6 Å². The van der Waals surface area contributed by atoms with Crippen LogP contribution in [-0.4, -0.2) is 30.4 Å². The fourth-order valence-corrected chi connectivity index (χ4v) is 2.75. The highest BCUT2D eigenvalue weighted by Gasteiger charge is 2.23. The van der Waals surface area contributed by atoms with E-state index in [1.165, 1.54) is 0 Å². The molecule has 1 unspecified atom stereocenters. The average Bonchev–Trinajstić information content (AvgIpc) is 2.41. The highest BCUT2D eigenvalue weighted by atomic mass is 79.9. The van der Waals surface area contributed by atoms with Gasteiger partial charge in [-0.15, -0.1) is 12.4 Å². The van der Waals surface area contributed by atoms with E-state index >= 15 is 0 Å². The van der Waals surface area contributed by atoms with Crippen LogP contribution in [0.5, 0.6) is 0 Å². The zero-order chi connectivity index (χ0) is 13.1. The Morgan fingerprint density at radius 1 is 1.53 bits per heavy atom. The number of amides is 1. The van der Waals surface area contributed by atoms with Crippen LogP contribution >= 0.6 is 39.9 Å². The number of nitrogens with two attached hydrogens (primary N) is 1. The molecule has 0 radical (unpaired) electrons. The second-order valence-electron chi connectivity index (χ2n) is 4.62. The van der Waals surface area contributed by atoms with Crippen LogP contribution in [0.4, 0.5) is 0 Å². The van der Waals surface area contributed by atoms with Crippen LogP contribution in [0.3, 0.4) is 0 Å². The smallest absolute Gasteiger partial charge is 0.253 e. The highest BCUT2D eigenvalue weighted by molar-refractivity contribution is 9.10. The van der Waals surface area contributed by atoms with Gasteiger partial charge in [-0.3, -0.25) is 4.79 Å². The second kappa shape index (κ2) is 7.48. The molecule has 1 aromatic carbocycles. The van der Waals surface area contributed by atoms with Gasteiger partial charge in [-0.05, 0) is 59.4 Å². The van der Waals surface area contributed by atoms with Crippen molar-refractivity contribution in [2.75, 3.05) is 19.6 Å². The lowest BCUT2D eigenvalue weighted by Gasteiger charge is -2.32. The second-order valence-corrected chi connectivity index (χ2v) is 5.89. The molecule has 1 aliphatic rings. The molecule has 1 aromatic rings. The standard InChI is InChI=1S/C13H16BrClN2O.ClH/c14-11-6-10(3-4-12(11)15)13(18)17-5-1-2-9(7-16)8-17;/h3-4,6,9H,1-2,5,7-8,16H2;1H. The summed E-state index contributed by atoms with van der Waals surface area (Å²) in [4.78, 5) is 14.2. The van der Waals surface area contributed by atoms with Crippen molar-refractivity contribution in [3.63, 3.8) is 0 Å². The molecule has 6 heteroatoms. The molecule has 106 valence electrons. The molecule has 0 saturated carbocycles. The third-order valence-corrected chi connectivity index (χ3v) is 4.52. The number of halogens is 3. The van der Waals surface area contributed by atoms with Gasteiger partial charge >= 0.3 is 0 Å². The fourth-order valence-electron chi connectivity index (χ4n) is 2.25. The lowest BCUT2D eigenvalue weighted by atomic mass is 9.97. The summed E-state index contributed by atoms with van der Waals surface area (Å²) >= 11 is 9.27. The van der Waals surface area contributed by atoms with Crippen molar-refractivity contribution in [2.24, 2.45) is 11.7 Å². The summed E-state index contributed by atoms with van der Waals surface area (Å²) in [5.41, 5.74) is 6.36. The van der Waals surface area contributed by atoms with Gasteiger partial charge in [-0.1, -0.05) is 11.6 Å². The minimum absolute atomic E-state index is 0. The fraction of sp³-hybridized carbons (Fsp3) is 0.462. The van der Waals surface area contributed by atoms with Crippen molar-refractivity contribution < 1.29 is 4.79 Å². The zero-order valence-electron chi connectivity index (χ0n) is 10.4. The summed E-state index contributed by atoms with van der Waals surface area (Å²) in [6.45, 7) is 2.22. The number of nitrogens with zero attached hydrogens (tertiary/aromatic N) is 1. The predicted octanol–water partition coefficient (Wildman–Crippen LogP) is 3.34. The summed E-state index contributed by atoms with van der Waals surface area (Å²) in [6, 6.07) is 5.28. The van der Waals surface area contributed by atoms with Gasteiger partial charge in [-0.25, -0.2) is 0 Å². The van der Waals surface area contributed by atoms with Gasteiger partial charge in [0.25, 0.3) is 5.91 Å². The van der Waals surface area contributed by atoms with Gasteiger partial charge in [0.2, 0.25) is 0 Å². The van der Waals surface area contributed by atoms with E-state index < -0.39 is 0 Å². The van der Waals surface area contributed by atoms with Crippen molar-refractivity contribution in [2.45, 2.75) is 12.8 Å². The first-order valence-corrected chi connectivity index (χ1v) is 7.23. The van der Waals surface area contributed by atoms with Crippen molar-refractivity contribution >= 4 is 45.8 Å². The Morgan fingerprint density at radius 2 is 2.26 bits per heavy atom. The lowest BCUT2D eigenvalue weighted by Crippen LogP contribution is -2.42. The molecule has 1 heterocycles. The molecule has 1 saturated heterocycles. The highest BCUT2D eigenvalue weighted by Crippen LogP contribution is 2.25. The molecule has 1 amide bonds. The van der Waals surface area contributed by atoms with E-state index in [0.717, 1.165) is 30.4 Å². The minimum atomic E-state index is 0. The van der Waals surface area contributed by atoms with Crippen LogP contribution in [0.15, 0.2) is 22.7 Å². The average molecular weight is 368 g/mol. The van der Waals surface area contributed by atoms with E-state index in [2.05, 4.69) is 15.9 Å². The summed E-state index contributed by atoms with van der Waals surface area (Å²) < 4.78 is 0.752. The Labute approximate surface area is 133 Å². The molecule has 0 bridgehead atoms. The Morgan fingerprint density at radius 3 is 2.89 bits per heavy atom. The maximum absolute atomic E-state index is 12.3. The molecular formula is C13H17BrCl2N2O. The number of hydrogen-bond acceptors (Lipinski definition) is 2. The number of carbonyl (C=O) groups excluding carboxylic acids is 1. The quantitative estimate of drug-likeness (QED) is 0.871. The molecule has 0 aromatic heterocycles. The summed E-state index contributed by atoms with van der Waals surface area (Å²) in [6.07, 6.45) is 2.15. The number of carbonyl (C=O) groups is 1. The van der Waals surface area contributed by atoms with Crippen LogP contribution in [0.25, 0.3) is 0 Å². The Hall–Kier alpha value is -0.290. The number of hydrogen-bond donors (Lipinski definition) is 1. The Bertz CT molecular complexity index is 456. The molecule has 2 rings (SSSR count). The van der Waals surface area contributed by atoms with Crippen molar-refractivity contribution in [1.29, 1.82) is 0 Å². The maximum Gasteiger partial charge on any atom is 0.253 e. The normalized spacial score (nSPS) is 18.9. The number of piperidine rings is 1. The molecule has 0 spiro atoms. The molecule has 1 fully saturated rings. The molecule has 1 atom stereocenters. The van der Waals surface area contributed by atoms with Crippen LogP contribution in [-0.2, 0) is 0 Å². The van der Waals surface area contributed by atoms with Crippen molar-refractivity contribution in [1.82, 2.24) is 4.90 Å². The van der Waals surface area contributed by atoms with Gasteiger partial charge in [-0.2, -0.15) is 0 Å². The first kappa shape index (κ1) is 16.8. The van der Waals surface area contributed by atoms with Gasteiger partial charge in [0.1, 0.15) is 0 Å². The minimum Gasteiger partial charge on any atom is -0.338 e. The molecule has 2 N–H and O–H groups in total. The van der Waals surface area contributed by atoms with E-state index in [-0.39, 0.29) is 18.3 Å². The summed E-state index contributed by atoms with van der Waals surface area (Å²) in [7, 11) is 0. The van der Waals surface area contributed by atoms with Gasteiger partial charge in [0, 0.05) is 23.1 Å². The number of rotatable bonds is 2.